The number of hydrogen-bond acceptors (Lipinski definition) is 5. The predicted molar refractivity (Wildman–Crippen MR) is 94.7 cm³/mol. The van der Waals surface area contributed by atoms with Gasteiger partial charge < -0.3 is 19.1 Å². The highest BCUT2D eigenvalue weighted by Crippen LogP contribution is 2.28. The number of carbonyl (C=O) groups excluding carboxylic acids is 1. The van der Waals surface area contributed by atoms with E-state index in [1.807, 2.05) is 16.9 Å². The number of carbonyl (C=O) groups is 1. The average molecular weight is 378 g/mol. The van der Waals surface area contributed by atoms with E-state index in [0.29, 0.717) is 42.6 Å². The molecule has 0 aliphatic carbocycles. The highest BCUT2D eigenvalue weighted by molar-refractivity contribution is 6.30. The molecule has 138 valence electrons. The summed E-state index contributed by atoms with van der Waals surface area (Å²) in [4.78, 5) is 14.6. The SMILES string of the molecule is COc1cc(Cl)ccc1C(=O)N1C[C@@H]2OCC(n3cccn3)CO[C@H]2C1. The molecule has 2 aromatic rings. The molecule has 26 heavy (non-hydrogen) atoms. The fraction of sp³-hybridized carbons (Fsp3) is 0.444. The van der Waals surface area contributed by atoms with Crippen LogP contribution in [0.1, 0.15) is 16.4 Å². The molecule has 0 bridgehead atoms. The summed E-state index contributed by atoms with van der Waals surface area (Å²) in [6.45, 7) is 1.99. The van der Waals surface area contributed by atoms with Gasteiger partial charge in [0.15, 0.2) is 0 Å². The van der Waals surface area contributed by atoms with Crippen LogP contribution in [0.25, 0.3) is 0 Å². The Labute approximate surface area is 156 Å². The molecule has 2 fully saturated rings. The Bertz CT molecular complexity index is 767. The molecule has 2 aliphatic heterocycles. The Kier molecular flexibility index (Phi) is 4.84. The lowest BCUT2D eigenvalue weighted by Gasteiger charge is -2.20. The number of hydrogen-bond donors (Lipinski definition) is 0. The van der Waals surface area contributed by atoms with Gasteiger partial charge in [-0.15, -0.1) is 0 Å². The van der Waals surface area contributed by atoms with Gasteiger partial charge in [-0.25, -0.2) is 0 Å². The number of nitrogens with zero attached hydrogens (tertiary/aromatic N) is 3. The van der Waals surface area contributed by atoms with Crippen molar-refractivity contribution in [2.45, 2.75) is 18.2 Å². The van der Waals surface area contributed by atoms with Gasteiger partial charge >= 0.3 is 0 Å². The lowest BCUT2D eigenvalue weighted by atomic mass is 10.1. The summed E-state index contributed by atoms with van der Waals surface area (Å²) in [7, 11) is 1.53. The lowest BCUT2D eigenvalue weighted by Crippen LogP contribution is -2.31. The maximum absolute atomic E-state index is 12.9. The zero-order valence-corrected chi connectivity index (χ0v) is 15.1. The first kappa shape index (κ1) is 17.3. The molecule has 7 nitrogen and oxygen atoms in total. The lowest BCUT2D eigenvalue weighted by molar-refractivity contribution is -0.00461. The van der Waals surface area contributed by atoms with E-state index in [2.05, 4.69) is 5.10 Å². The number of likely N-dealkylation sites (tertiary alicyclic amines) is 1. The summed E-state index contributed by atoms with van der Waals surface area (Å²) in [6, 6.07) is 6.95. The highest BCUT2D eigenvalue weighted by Gasteiger charge is 2.40. The number of benzene rings is 1. The van der Waals surface area contributed by atoms with Gasteiger partial charge in [0, 0.05) is 30.5 Å². The van der Waals surface area contributed by atoms with Crippen molar-refractivity contribution in [3.63, 3.8) is 0 Å². The Morgan fingerprint density at radius 1 is 1.27 bits per heavy atom. The zero-order valence-electron chi connectivity index (χ0n) is 14.4. The first-order valence-electron chi connectivity index (χ1n) is 8.51. The van der Waals surface area contributed by atoms with E-state index < -0.39 is 0 Å². The maximum atomic E-state index is 12.9. The molecule has 1 amide bonds. The summed E-state index contributed by atoms with van der Waals surface area (Å²) in [6.07, 6.45) is 3.36. The number of aromatic nitrogens is 2. The molecular formula is C18H20ClN3O4. The van der Waals surface area contributed by atoms with Gasteiger partial charge in [-0.05, 0) is 24.3 Å². The fourth-order valence-corrected chi connectivity index (χ4v) is 3.57. The van der Waals surface area contributed by atoms with E-state index in [-0.39, 0.29) is 24.2 Å². The molecule has 1 aromatic heterocycles. The predicted octanol–water partition coefficient (Wildman–Crippen LogP) is 2.03. The minimum absolute atomic E-state index is 0.0520. The second-order valence-corrected chi connectivity index (χ2v) is 6.87. The molecule has 0 saturated carbocycles. The third-order valence-corrected chi connectivity index (χ3v) is 5.04. The van der Waals surface area contributed by atoms with Gasteiger partial charge in [-0.2, -0.15) is 5.10 Å². The van der Waals surface area contributed by atoms with Crippen molar-refractivity contribution in [2.24, 2.45) is 0 Å². The van der Waals surface area contributed by atoms with Crippen molar-refractivity contribution in [1.29, 1.82) is 0 Å². The van der Waals surface area contributed by atoms with Crippen LogP contribution >= 0.6 is 11.6 Å². The normalized spacial score (nSPS) is 23.5. The fourth-order valence-electron chi connectivity index (χ4n) is 3.41. The van der Waals surface area contributed by atoms with E-state index in [9.17, 15) is 4.79 Å². The first-order chi connectivity index (χ1) is 12.7. The van der Waals surface area contributed by atoms with Crippen molar-refractivity contribution in [2.75, 3.05) is 33.4 Å². The molecular weight excluding hydrogens is 358 g/mol. The Hall–Kier alpha value is -2.09. The van der Waals surface area contributed by atoms with E-state index in [1.165, 1.54) is 7.11 Å². The molecule has 2 saturated heterocycles. The summed E-state index contributed by atoms with van der Waals surface area (Å²) in [5, 5.41) is 4.78. The third kappa shape index (κ3) is 3.30. The van der Waals surface area contributed by atoms with Gasteiger partial charge in [0.05, 0.1) is 31.9 Å². The second-order valence-electron chi connectivity index (χ2n) is 6.44. The molecule has 0 radical (unpaired) electrons. The van der Waals surface area contributed by atoms with Crippen LogP contribution in [0.3, 0.4) is 0 Å². The van der Waals surface area contributed by atoms with Crippen LogP contribution in [0.4, 0.5) is 0 Å². The quantitative estimate of drug-likeness (QED) is 0.818. The Morgan fingerprint density at radius 3 is 2.62 bits per heavy atom. The van der Waals surface area contributed by atoms with E-state index in [4.69, 9.17) is 25.8 Å². The largest absolute Gasteiger partial charge is 0.496 e. The molecule has 4 rings (SSSR count). The topological polar surface area (TPSA) is 65.8 Å². The minimum atomic E-state index is -0.141. The van der Waals surface area contributed by atoms with Crippen molar-refractivity contribution < 1.29 is 19.0 Å². The summed E-state index contributed by atoms with van der Waals surface area (Å²) in [5.74, 6) is 0.359. The van der Waals surface area contributed by atoms with Crippen LogP contribution in [0, 0.1) is 0 Å². The number of amides is 1. The summed E-state index contributed by atoms with van der Waals surface area (Å²) in [5.41, 5.74) is 0.489. The Balaban J connectivity index is 1.44. The van der Waals surface area contributed by atoms with Gasteiger partial charge in [0.1, 0.15) is 18.0 Å². The first-order valence-corrected chi connectivity index (χ1v) is 8.88. The standard InChI is InChI=1S/C18H20ClN3O4/c1-24-15-7-12(19)3-4-14(15)18(23)21-8-16-17(9-21)26-11-13(10-25-16)22-6-2-5-20-22/h2-7,13,16-17H,8-11H2,1H3/t16-,17-/m0/s1. The van der Waals surface area contributed by atoms with Gasteiger partial charge in [-0.1, -0.05) is 11.6 Å². The van der Waals surface area contributed by atoms with Gasteiger partial charge in [0.25, 0.3) is 5.91 Å². The van der Waals surface area contributed by atoms with Crippen LogP contribution in [-0.4, -0.2) is 66.2 Å². The van der Waals surface area contributed by atoms with E-state index in [1.54, 1.807) is 29.3 Å². The number of methoxy groups -OCH3 is 1. The number of ether oxygens (including phenoxy) is 3. The van der Waals surface area contributed by atoms with Gasteiger partial charge in [-0.3, -0.25) is 9.48 Å². The number of halogens is 1. The zero-order chi connectivity index (χ0) is 18.1. The molecule has 0 N–H and O–H groups in total. The molecule has 2 aliphatic rings. The van der Waals surface area contributed by atoms with Crippen molar-refractivity contribution in [1.82, 2.24) is 14.7 Å². The summed E-state index contributed by atoms with van der Waals surface area (Å²) >= 11 is 5.98. The van der Waals surface area contributed by atoms with Crippen molar-refractivity contribution in [3.05, 3.63) is 47.2 Å². The van der Waals surface area contributed by atoms with Crippen LogP contribution in [-0.2, 0) is 9.47 Å². The van der Waals surface area contributed by atoms with Gasteiger partial charge in [0.2, 0.25) is 0 Å². The summed E-state index contributed by atoms with van der Waals surface area (Å²) < 4.78 is 19.2. The molecule has 2 atom stereocenters. The highest BCUT2D eigenvalue weighted by atomic mass is 35.5. The monoisotopic (exact) mass is 377 g/mol. The number of rotatable bonds is 3. The van der Waals surface area contributed by atoms with Crippen LogP contribution in [0.2, 0.25) is 5.02 Å². The molecule has 8 heteroatoms. The number of fused-ring (bicyclic) bond motifs is 1. The maximum Gasteiger partial charge on any atom is 0.257 e. The van der Waals surface area contributed by atoms with E-state index >= 15 is 0 Å². The van der Waals surface area contributed by atoms with E-state index in [0.717, 1.165) is 0 Å². The Morgan fingerprint density at radius 2 is 2.00 bits per heavy atom. The average Bonchev–Trinajstić information content (AvgIpc) is 3.28. The minimum Gasteiger partial charge on any atom is -0.496 e. The smallest absolute Gasteiger partial charge is 0.257 e. The molecule has 0 unspecified atom stereocenters. The van der Waals surface area contributed by atoms with Crippen LogP contribution < -0.4 is 4.74 Å². The second kappa shape index (κ2) is 7.26. The molecule has 1 aromatic carbocycles. The van der Waals surface area contributed by atoms with Crippen molar-refractivity contribution >= 4 is 17.5 Å². The van der Waals surface area contributed by atoms with Crippen LogP contribution in [0.5, 0.6) is 5.75 Å². The molecule has 3 heterocycles. The van der Waals surface area contributed by atoms with Crippen molar-refractivity contribution in [3.8, 4) is 5.75 Å². The van der Waals surface area contributed by atoms with Crippen LogP contribution in [0.15, 0.2) is 36.7 Å². The molecule has 0 spiro atoms. The third-order valence-electron chi connectivity index (χ3n) is 4.80.